The van der Waals surface area contributed by atoms with Crippen LogP contribution in [0, 0.1) is 0 Å². The summed E-state index contributed by atoms with van der Waals surface area (Å²) in [4.78, 5) is 13.5. The molecule has 0 radical (unpaired) electrons. The van der Waals surface area contributed by atoms with Crippen molar-refractivity contribution in [3.63, 3.8) is 0 Å². The van der Waals surface area contributed by atoms with Gasteiger partial charge in [0.1, 0.15) is 5.82 Å². The molecule has 1 N–H and O–H groups in total. The number of anilines is 1. The molecule has 1 heterocycles. The molecule has 0 fully saturated rings. The molecule has 0 aromatic carbocycles. The van der Waals surface area contributed by atoms with Crippen molar-refractivity contribution in [3.8, 4) is 0 Å². The van der Waals surface area contributed by atoms with Crippen molar-refractivity contribution in [3.05, 3.63) is 23.9 Å². The second-order valence-electron chi connectivity index (χ2n) is 2.88. The Morgan fingerprint density at radius 3 is 2.06 bits per heavy atom. The van der Waals surface area contributed by atoms with Crippen molar-refractivity contribution in [1.29, 1.82) is 0 Å². The molecule has 0 unspecified atom stereocenters. The lowest BCUT2D eigenvalue weighted by molar-refractivity contribution is -0.167. The molecule has 1 aromatic heterocycles. The number of hydrogen-bond donors (Lipinski definition) is 1. The average molecular weight is 258 g/mol. The summed E-state index contributed by atoms with van der Waals surface area (Å²) in [6.07, 6.45) is -9.43. The Hall–Kier alpha value is -1.80. The third kappa shape index (κ3) is 3.61. The molecule has 0 aliphatic carbocycles. The second kappa shape index (κ2) is 4.22. The normalized spacial score (nSPS) is 12.4. The fraction of sp³-hybridized carbons (Fsp3) is 0.250. The van der Waals surface area contributed by atoms with Gasteiger partial charge in [0.2, 0.25) is 0 Å². The summed E-state index contributed by atoms with van der Waals surface area (Å²) in [5, 5.41) is 1.32. The zero-order chi connectivity index (χ0) is 13.3. The molecular weight excluding hydrogens is 254 g/mol. The summed E-state index contributed by atoms with van der Waals surface area (Å²) < 4.78 is 71.5. The maximum Gasteiger partial charge on any atom is 0.471 e. The number of carbonyl (C=O) groups excluding carboxylic acids is 1. The van der Waals surface area contributed by atoms with Gasteiger partial charge in [-0.1, -0.05) is 0 Å². The van der Waals surface area contributed by atoms with Crippen molar-refractivity contribution in [2.75, 3.05) is 5.32 Å². The van der Waals surface area contributed by atoms with Gasteiger partial charge in [-0.2, -0.15) is 26.3 Å². The number of carbonyl (C=O) groups is 1. The predicted octanol–water partition coefficient (Wildman–Crippen LogP) is 2.60. The van der Waals surface area contributed by atoms with Crippen molar-refractivity contribution < 1.29 is 31.1 Å². The minimum atomic E-state index is -5.12. The minimum absolute atomic E-state index is 0.325. The number of nitrogens with zero attached hydrogens (tertiary/aromatic N) is 1. The van der Waals surface area contributed by atoms with E-state index in [2.05, 4.69) is 4.98 Å². The third-order valence-corrected chi connectivity index (χ3v) is 1.59. The Morgan fingerprint density at radius 1 is 1.12 bits per heavy atom. The van der Waals surface area contributed by atoms with Gasteiger partial charge in [-0.05, 0) is 12.1 Å². The number of nitrogens with one attached hydrogen (secondary N) is 1. The Kier molecular flexibility index (Phi) is 3.30. The molecule has 94 valence electrons. The van der Waals surface area contributed by atoms with Crippen LogP contribution in [0.3, 0.4) is 0 Å². The summed E-state index contributed by atoms with van der Waals surface area (Å²) in [6, 6.07) is 1.14. The summed E-state index contributed by atoms with van der Waals surface area (Å²) in [5.74, 6) is -2.91. The van der Waals surface area contributed by atoms with E-state index in [-0.39, 0.29) is 0 Å². The van der Waals surface area contributed by atoms with E-state index in [1.807, 2.05) is 0 Å². The second-order valence-corrected chi connectivity index (χ2v) is 2.88. The molecule has 0 aliphatic rings. The van der Waals surface area contributed by atoms with Crippen LogP contribution in [0.4, 0.5) is 32.2 Å². The largest absolute Gasteiger partial charge is 0.471 e. The molecule has 0 saturated carbocycles. The van der Waals surface area contributed by atoms with Gasteiger partial charge in [0.15, 0.2) is 0 Å². The van der Waals surface area contributed by atoms with Crippen LogP contribution >= 0.6 is 0 Å². The lowest BCUT2D eigenvalue weighted by atomic mass is 10.3. The van der Waals surface area contributed by atoms with Gasteiger partial charge in [-0.15, -0.1) is 0 Å². The standard InChI is InChI=1S/C8H4F6N2O/c9-7(10,11)4-1-2-5(15-3-4)16-6(17)8(12,13)14/h1-3H,(H,15,16,17). The molecule has 0 bridgehead atoms. The number of pyridine rings is 1. The maximum atomic E-state index is 12.1. The summed E-state index contributed by atoms with van der Waals surface area (Å²) in [6.45, 7) is 0. The van der Waals surface area contributed by atoms with Crippen molar-refractivity contribution in [2.45, 2.75) is 12.4 Å². The number of amides is 1. The Morgan fingerprint density at radius 2 is 1.71 bits per heavy atom. The van der Waals surface area contributed by atoms with Crippen LogP contribution in [0.15, 0.2) is 18.3 Å². The highest BCUT2D eigenvalue weighted by Gasteiger charge is 2.39. The van der Waals surface area contributed by atoms with Crippen LogP contribution in [0.1, 0.15) is 5.56 Å². The SMILES string of the molecule is O=C(Nc1ccc(C(F)(F)F)cn1)C(F)(F)F. The van der Waals surface area contributed by atoms with Gasteiger partial charge in [-0.3, -0.25) is 4.79 Å². The van der Waals surface area contributed by atoms with Gasteiger partial charge >= 0.3 is 18.3 Å². The quantitative estimate of drug-likeness (QED) is 0.786. The number of aromatic nitrogens is 1. The maximum absolute atomic E-state index is 12.1. The molecule has 17 heavy (non-hydrogen) atoms. The zero-order valence-electron chi connectivity index (χ0n) is 7.86. The van der Waals surface area contributed by atoms with Crippen LogP contribution in [-0.4, -0.2) is 17.1 Å². The Labute approximate surface area is 90.5 Å². The van der Waals surface area contributed by atoms with E-state index in [0.717, 1.165) is 0 Å². The molecule has 3 nitrogen and oxygen atoms in total. The van der Waals surface area contributed by atoms with Crippen molar-refractivity contribution in [2.24, 2.45) is 0 Å². The first-order valence-electron chi connectivity index (χ1n) is 4.02. The number of rotatable bonds is 1. The first-order chi connectivity index (χ1) is 7.60. The lowest BCUT2D eigenvalue weighted by Crippen LogP contribution is -2.30. The average Bonchev–Trinajstić information content (AvgIpc) is 2.15. The van der Waals surface area contributed by atoms with E-state index < -0.39 is 29.6 Å². The molecular formula is C8H4F6N2O. The van der Waals surface area contributed by atoms with E-state index in [0.29, 0.717) is 18.3 Å². The smallest absolute Gasteiger partial charge is 0.303 e. The third-order valence-electron chi connectivity index (χ3n) is 1.59. The van der Waals surface area contributed by atoms with Gasteiger partial charge < -0.3 is 5.32 Å². The van der Waals surface area contributed by atoms with Crippen molar-refractivity contribution in [1.82, 2.24) is 4.98 Å². The molecule has 0 spiro atoms. The first-order valence-corrected chi connectivity index (χ1v) is 4.02. The number of halogens is 6. The van der Waals surface area contributed by atoms with Crippen LogP contribution in [0.5, 0.6) is 0 Å². The van der Waals surface area contributed by atoms with Crippen molar-refractivity contribution >= 4 is 11.7 Å². The molecule has 1 rings (SSSR count). The monoisotopic (exact) mass is 258 g/mol. The Bertz CT molecular complexity index is 408. The molecule has 1 amide bonds. The highest BCUT2D eigenvalue weighted by atomic mass is 19.4. The fourth-order valence-electron chi connectivity index (χ4n) is 0.823. The number of alkyl halides is 6. The summed E-state index contributed by atoms with van der Waals surface area (Å²) >= 11 is 0. The first kappa shape index (κ1) is 13.3. The van der Waals surface area contributed by atoms with E-state index >= 15 is 0 Å². The molecule has 9 heteroatoms. The number of hydrogen-bond acceptors (Lipinski definition) is 2. The van der Waals surface area contributed by atoms with Gasteiger partial charge in [0.05, 0.1) is 5.56 Å². The molecule has 0 atom stereocenters. The van der Waals surface area contributed by atoms with Crippen LogP contribution in [-0.2, 0) is 11.0 Å². The molecule has 1 aromatic rings. The molecule has 0 saturated heterocycles. The van der Waals surface area contributed by atoms with Gasteiger partial charge in [0.25, 0.3) is 0 Å². The highest BCUT2D eigenvalue weighted by Crippen LogP contribution is 2.29. The van der Waals surface area contributed by atoms with Crippen LogP contribution in [0.25, 0.3) is 0 Å². The van der Waals surface area contributed by atoms with Crippen LogP contribution in [0.2, 0.25) is 0 Å². The van der Waals surface area contributed by atoms with Crippen LogP contribution < -0.4 is 5.32 Å². The topological polar surface area (TPSA) is 42.0 Å². The fourth-order valence-corrected chi connectivity index (χ4v) is 0.823. The van der Waals surface area contributed by atoms with Gasteiger partial charge in [0, 0.05) is 6.20 Å². The predicted molar refractivity (Wildman–Crippen MR) is 43.9 cm³/mol. The zero-order valence-corrected chi connectivity index (χ0v) is 7.86. The minimum Gasteiger partial charge on any atom is -0.303 e. The van der Waals surface area contributed by atoms with E-state index in [9.17, 15) is 31.1 Å². The summed E-state index contributed by atoms with van der Waals surface area (Å²) in [5.41, 5.74) is -1.12. The van der Waals surface area contributed by atoms with E-state index in [1.165, 1.54) is 5.32 Å². The molecule has 0 aliphatic heterocycles. The van der Waals surface area contributed by atoms with E-state index in [1.54, 1.807) is 0 Å². The lowest BCUT2D eigenvalue weighted by Gasteiger charge is -2.09. The Balaban J connectivity index is 2.80. The summed E-state index contributed by atoms with van der Waals surface area (Å²) in [7, 11) is 0. The van der Waals surface area contributed by atoms with E-state index in [4.69, 9.17) is 0 Å². The van der Waals surface area contributed by atoms with Gasteiger partial charge in [-0.25, -0.2) is 4.98 Å². The highest BCUT2D eigenvalue weighted by molar-refractivity contribution is 5.94.